The lowest BCUT2D eigenvalue weighted by Gasteiger charge is -2.08. The van der Waals surface area contributed by atoms with Gasteiger partial charge in [-0.25, -0.2) is 0 Å². The molecule has 1 aromatic carbocycles. The van der Waals surface area contributed by atoms with E-state index >= 15 is 0 Å². The molecule has 2 N–H and O–H groups in total. The minimum atomic E-state index is 0.909. The van der Waals surface area contributed by atoms with E-state index in [-0.39, 0.29) is 0 Å². The van der Waals surface area contributed by atoms with Crippen LogP contribution in [-0.4, -0.2) is 12.0 Å². The van der Waals surface area contributed by atoms with Crippen molar-refractivity contribution in [1.29, 1.82) is 0 Å². The highest BCUT2D eigenvalue weighted by molar-refractivity contribution is 5.43. The Labute approximate surface area is 114 Å². The molecule has 0 saturated carbocycles. The van der Waals surface area contributed by atoms with Gasteiger partial charge >= 0.3 is 0 Å². The average molecular weight is 256 g/mol. The Hall–Kier alpha value is -1.87. The van der Waals surface area contributed by atoms with Gasteiger partial charge in [-0.2, -0.15) is 0 Å². The topological polar surface area (TPSA) is 48.1 Å². The molecule has 0 bridgehead atoms. The molecule has 0 radical (unpaired) electrons. The predicted octanol–water partition coefficient (Wildman–Crippen LogP) is 3.11. The molecule has 0 spiro atoms. The van der Waals surface area contributed by atoms with Gasteiger partial charge in [0, 0.05) is 5.69 Å². The lowest BCUT2D eigenvalue weighted by Crippen LogP contribution is -1.96. The number of aryl methyl sites for hydroxylation is 3. The number of hydrogen-bond acceptors (Lipinski definition) is 3. The van der Waals surface area contributed by atoms with E-state index in [1.807, 2.05) is 24.3 Å². The molecule has 2 aromatic rings. The zero-order valence-corrected chi connectivity index (χ0v) is 11.5. The Morgan fingerprint density at radius 1 is 1.05 bits per heavy atom. The van der Waals surface area contributed by atoms with E-state index in [4.69, 9.17) is 4.74 Å². The summed E-state index contributed by atoms with van der Waals surface area (Å²) >= 11 is 0. The van der Waals surface area contributed by atoms with Crippen molar-refractivity contribution in [3.63, 3.8) is 0 Å². The van der Waals surface area contributed by atoms with Crippen molar-refractivity contribution in [3.05, 3.63) is 53.3 Å². The molecule has 100 valence electrons. The number of hydrogen-bond donors (Lipinski definition) is 1. The standard InChI is InChI=1S/C15H15NO.CH5N/c1-2-12-8-10-15-13(16-12)9-7-11-5-3-4-6-14(11)17-15;1-2/h3-6,8,10H,2,7,9H2,1H3;2H2,1H3. The molecule has 0 unspecified atom stereocenters. The monoisotopic (exact) mass is 256 g/mol. The highest BCUT2D eigenvalue weighted by Crippen LogP contribution is 2.32. The van der Waals surface area contributed by atoms with Crippen molar-refractivity contribution in [2.75, 3.05) is 7.05 Å². The van der Waals surface area contributed by atoms with E-state index in [1.54, 1.807) is 0 Å². The minimum absolute atomic E-state index is 0.909. The van der Waals surface area contributed by atoms with E-state index < -0.39 is 0 Å². The summed E-state index contributed by atoms with van der Waals surface area (Å²) in [4.78, 5) is 4.65. The van der Waals surface area contributed by atoms with Gasteiger partial charge in [-0.3, -0.25) is 4.98 Å². The molecular formula is C16H20N2O. The second-order valence-corrected chi connectivity index (χ2v) is 4.31. The van der Waals surface area contributed by atoms with Gasteiger partial charge in [-0.05, 0) is 50.1 Å². The van der Waals surface area contributed by atoms with Crippen LogP contribution in [0.4, 0.5) is 0 Å². The van der Waals surface area contributed by atoms with Gasteiger partial charge < -0.3 is 10.5 Å². The van der Waals surface area contributed by atoms with Crippen LogP contribution in [-0.2, 0) is 19.3 Å². The van der Waals surface area contributed by atoms with Crippen LogP contribution >= 0.6 is 0 Å². The molecule has 3 rings (SSSR count). The molecule has 1 aliphatic heterocycles. The summed E-state index contributed by atoms with van der Waals surface area (Å²) in [6, 6.07) is 12.3. The molecule has 19 heavy (non-hydrogen) atoms. The van der Waals surface area contributed by atoms with Crippen molar-refractivity contribution >= 4 is 0 Å². The van der Waals surface area contributed by atoms with Crippen LogP contribution in [0.25, 0.3) is 0 Å². The molecule has 1 aliphatic rings. The number of rotatable bonds is 1. The number of fused-ring (bicyclic) bond motifs is 2. The van der Waals surface area contributed by atoms with Gasteiger partial charge in [-0.1, -0.05) is 25.1 Å². The summed E-state index contributed by atoms with van der Waals surface area (Å²) in [6.07, 6.45) is 2.93. The van der Waals surface area contributed by atoms with Crippen LogP contribution in [0.2, 0.25) is 0 Å². The third-order valence-electron chi connectivity index (χ3n) is 3.18. The Morgan fingerprint density at radius 3 is 2.63 bits per heavy atom. The zero-order valence-electron chi connectivity index (χ0n) is 11.5. The van der Waals surface area contributed by atoms with E-state index in [9.17, 15) is 0 Å². The Balaban J connectivity index is 0.000000637. The van der Waals surface area contributed by atoms with Gasteiger partial charge in [0.25, 0.3) is 0 Å². The zero-order chi connectivity index (χ0) is 13.7. The highest BCUT2D eigenvalue weighted by atomic mass is 16.5. The number of benzene rings is 1. The van der Waals surface area contributed by atoms with E-state index in [2.05, 4.69) is 29.8 Å². The number of aromatic nitrogens is 1. The normalized spacial score (nSPS) is 12.2. The van der Waals surface area contributed by atoms with Gasteiger partial charge in [0.15, 0.2) is 0 Å². The number of ether oxygens (including phenoxy) is 1. The van der Waals surface area contributed by atoms with Crippen molar-refractivity contribution in [2.45, 2.75) is 26.2 Å². The van der Waals surface area contributed by atoms with Crippen molar-refractivity contribution in [1.82, 2.24) is 4.98 Å². The average Bonchev–Trinajstić information content (AvgIpc) is 2.67. The first-order valence-electron chi connectivity index (χ1n) is 6.69. The summed E-state index contributed by atoms with van der Waals surface area (Å²) in [5, 5.41) is 0. The second-order valence-electron chi connectivity index (χ2n) is 4.31. The molecule has 0 atom stereocenters. The van der Waals surface area contributed by atoms with Crippen LogP contribution in [0.5, 0.6) is 11.5 Å². The lowest BCUT2D eigenvalue weighted by molar-refractivity contribution is 0.476. The molecule has 0 amide bonds. The SMILES string of the molecule is CCc1ccc2c(n1)CCc1ccccc1O2.CN. The highest BCUT2D eigenvalue weighted by Gasteiger charge is 2.15. The fourth-order valence-corrected chi connectivity index (χ4v) is 2.18. The fraction of sp³-hybridized carbons (Fsp3) is 0.312. The van der Waals surface area contributed by atoms with Crippen LogP contribution in [0, 0.1) is 0 Å². The Kier molecular flexibility index (Phi) is 4.53. The van der Waals surface area contributed by atoms with E-state index in [0.29, 0.717) is 0 Å². The summed E-state index contributed by atoms with van der Waals surface area (Å²) in [6.45, 7) is 2.13. The number of nitrogens with two attached hydrogens (primary N) is 1. The van der Waals surface area contributed by atoms with Crippen LogP contribution in [0.1, 0.15) is 23.9 Å². The summed E-state index contributed by atoms with van der Waals surface area (Å²) in [5.74, 6) is 1.88. The fourth-order valence-electron chi connectivity index (χ4n) is 2.18. The smallest absolute Gasteiger partial charge is 0.148 e. The van der Waals surface area contributed by atoms with Gasteiger partial charge in [0.1, 0.15) is 11.5 Å². The largest absolute Gasteiger partial charge is 0.455 e. The molecule has 0 saturated heterocycles. The van der Waals surface area contributed by atoms with E-state index in [0.717, 1.165) is 42.1 Å². The number of nitrogens with zero attached hydrogens (tertiary/aromatic N) is 1. The number of pyridine rings is 1. The minimum Gasteiger partial charge on any atom is -0.455 e. The van der Waals surface area contributed by atoms with Crippen molar-refractivity contribution in [3.8, 4) is 11.5 Å². The number of para-hydroxylation sites is 1. The first-order chi connectivity index (χ1) is 9.36. The van der Waals surface area contributed by atoms with Crippen molar-refractivity contribution < 1.29 is 4.74 Å². The third-order valence-corrected chi connectivity index (χ3v) is 3.18. The van der Waals surface area contributed by atoms with Crippen LogP contribution < -0.4 is 10.5 Å². The van der Waals surface area contributed by atoms with E-state index in [1.165, 1.54) is 12.6 Å². The maximum absolute atomic E-state index is 5.94. The first-order valence-corrected chi connectivity index (χ1v) is 6.69. The second kappa shape index (κ2) is 6.34. The maximum Gasteiger partial charge on any atom is 0.148 e. The van der Waals surface area contributed by atoms with Crippen LogP contribution in [0.3, 0.4) is 0 Å². The molecule has 3 heteroatoms. The van der Waals surface area contributed by atoms with Gasteiger partial charge in [-0.15, -0.1) is 0 Å². The van der Waals surface area contributed by atoms with Crippen LogP contribution in [0.15, 0.2) is 36.4 Å². The summed E-state index contributed by atoms with van der Waals surface area (Å²) in [7, 11) is 1.50. The third kappa shape index (κ3) is 2.93. The van der Waals surface area contributed by atoms with Crippen molar-refractivity contribution in [2.24, 2.45) is 5.73 Å². The summed E-state index contributed by atoms with van der Waals surface area (Å²) < 4.78 is 5.94. The first kappa shape index (κ1) is 13.6. The van der Waals surface area contributed by atoms with Gasteiger partial charge in [0.2, 0.25) is 0 Å². The molecule has 2 heterocycles. The molecule has 0 fully saturated rings. The quantitative estimate of drug-likeness (QED) is 0.852. The molecule has 1 aromatic heterocycles. The lowest BCUT2D eigenvalue weighted by atomic mass is 10.1. The maximum atomic E-state index is 5.94. The Bertz CT molecular complexity index is 552. The predicted molar refractivity (Wildman–Crippen MR) is 77.7 cm³/mol. The molecular weight excluding hydrogens is 236 g/mol. The van der Waals surface area contributed by atoms with Gasteiger partial charge in [0.05, 0.1) is 5.69 Å². The molecule has 3 nitrogen and oxygen atoms in total. The summed E-state index contributed by atoms with van der Waals surface area (Å²) in [5.41, 5.74) is 7.99. The molecule has 0 aliphatic carbocycles. The Morgan fingerprint density at radius 2 is 1.84 bits per heavy atom.